The van der Waals surface area contributed by atoms with Crippen LogP contribution in [-0.4, -0.2) is 69.4 Å². The van der Waals surface area contributed by atoms with Crippen LogP contribution in [0.2, 0.25) is 0 Å². The van der Waals surface area contributed by atoms with Gasteiger partial charge in [0.1, 0.15) is 19.3 Å². The van der Waals surface area contributed by atoms with E-state index >= 15 is 0 Å². The second-order valence-electron chi connectivity index (χ2n) is 21.1. The zero-order chi connectivity index (χ0) is 55.0. The number of phosphoric ester groups is 1. The minimum Gasteiger partial charge on any atom is -0.756 e. The monoisotopic (exact) mass is 1060 g/mol. The smallest absolute Gasteiger partial charge is 0.306 e. The van der Waals surface area contributed by atoms with E-state index in [2.05, 4.69) is 123 Å². The van der Waals surface area contributed by atoms with Gasteiger partial charge in [0.05, 0.1) is 33.8 Å². The van der Waals surface area contributed by atoms with Crippen LogP contribution < -0.4 is 10.2 Å². The molecule has 0 heterocycles. The summed E-state index contributed by atoms with van der Waals surface area (Å²) in [5.41, 5.74) is 0. The predicted molar refractivity (Wildman–Crippen MR) is 320 cm³/mol. The van der Waals surface area contributed by atoms with Crippen LogP contribution in [0, 0.1) is 0 Å². The van der Waals surface area contributed by atoms with Crippen LogP contribution in [0.4, 0.5) is 0 Å². The van der Waals surface area contributed by atoms with E-state index in [0.29, 0.717) is 23.9 Å². The summed E-state index contributed by atoms with van der Waals surface area (Å²) in [5, 5.41) is 2.98. The molecule has 0 aromatic heterocycles. The lowest BCUT2D eigenvalue weighted by Gasteiger charge is -2.30. The molecule has 0 aliphatic rings. The summed E-state index contributed by atoms with van der Waals surface area (Å²) in [7, 11) is 1.12. The molecule has 430 valence electrons. The van der Waals surface area contributed by atoms with Gasteiger partial charge in [-0.05, 0) is 115 Å². The molecule has 0 aliphatic heterocycles. The van der Waals surface area contributed by atoms with Crippen molar-refractivity contribution in [2.75, 3.05) is 40.9 Å². The number of nitrogens with zero attached hydrogens (tertiary/aromatic N) is 1. The van der Waals surface area contributed by atoms with Crippen molar-refractivity contribution in [3.63, 3.8) is 0 Å². The maximum Gasteiger partial charge on any atom is 0.306 e. The average Bonchev–Trinajstić information content (AvgIpc) is 3.37. The van der Waals surface area contributed by atoms with Crippen LogP contribution in [-0.2, 0) is 27.9 Å². The van der Waals surface area contributed by atoms with Crippen molar-refractivity contribution in [2.24, 2.45) is 0 Å². The number of phosphoric acid groups is 1. The highest BCUT2D eigenvalue weighted by atomic mass is 31.2. The second-order valence-corrected chi connectivity index (χ2v) is 22.6. The molecule has 0 aromatic rings. The van der Waals surface area contributed by atoms with Crippen LogP contribution in [0.5, 0.6) is 0 Å². The van der Waals surface area contributed by atoms with Gasteiger partial charge in [-0.15, -0.1) is 0 Å². The van der Waals surface area contributed by atoms with E-state index in [1.807, 2.05) is 27.2 Å². The Balaban J connectivity index is 5.38. The van der Waals surface area contributed by atoms with Crippen molar-refractivity contribution < 1.29 is 37.3 Å². The molecule has 0 fully saturated rings. The van der Waals surface area contributed by atoms with E-state index < -0.39 is 26.6 Å². The topological polar surface area (TPSA) is 114 Å². The molecular formula is C65H113N2O7P. The number of rotatable bonds is 53. The largest absolute Gasteiger partial charge is 0.756 e. The first kappa shape index (κ1) is 71.7. The number of quaternary nitrogens is 1. The first-order valence-electron chi connectivity index (χ1n) is 30.2. The van der Waals surface area contributed by atoms with Crippen molar-refractivity contribution >= 4 is 19.7 Å². The van der Waals surface area contributed by atoms with Gasteiger partial charge >= 0.3 is 5.97 Å². The first-order chi connectivity index (χ1) is 36.4. The lowest BCUT2D eigenvalue weighted by atomic mass is 10.1. The summed E-state index contributed by atoms with van der Waals surface area (Å²) in [5.74, 6) is -0.635. The van der Waals surface area contributed by atoms with Gasteiger partial charge in [-0.25, -0.2) is 0 Å². The number of hydrogen-bond acceptors (Lipinski definition) is 7. The Kier molecular flexibility index (Phi) is 51.6. The third kappa shape index (κ3) is 55.2. The van der Waals surface area contributed by atoms with Crippen LogP contribution in [0.15, 0.2) is 109 Å². The van der Waals surface area contributed by atoms with Crippen LogP contribution in [0.3, 0.4) is 0 Å². The molecule has 3 atom stereocenters. The van der Waals surface area contributed by atoms with Gasteiger partial charge in [0.15, 0.2) is 0 Å². The van der Waals surface area contributed by atoms with E-state index in [9.17, 15) is 19.0 Å². The summed E-state index contributed by atoms with van der Waals surface area (Å²) < 4.78 is 30.2. The van der Waals surface area contributed by atoms with Gasteiger partial charge in [-0.1, -0.05) is 220 Å². The number of amides is 1. The number of likely N-dealkylation sites (N-methyl/N-ethyl adjacent to an activating group) is 1. The molecule has 3 unspecified atom stereocenters. The molecule has 0 saturated carbocycles. The Bertz CT molecular complexity index is 1650. The zero-order valence-electron chi connectivity index (χ0n) is 49.0. The number of ether oxygens (including phenoxy) is 1. The van der Waals surface area contributed by atoms with E-state index in [4.69, 9.17) is 13.8 Å². The molecule has 75 heavy (non-hydrogen) atoms. The summed E-state index contributed by atoms with van der Waals surface area (Å²) >= 11 is 0. The highest BCUT2D eigenvalue weighted by Gasteiger charge is 2.27. The number of unbranched alkanes of at least 4 members (excludes halogenated alkanes) is 21. The molecule has 0 bridgehead atoms. The van der Waals surface area contributed by atoms with E-state index in [-0.39, 0.29) is 31.3 Å². The molecule has 0 saturated heterocycles. The number of allylic oxidation sites excluding steroid dienone is 17. The Hall–Kier alpha value is -3.33. The SMILES string of the molecule is CCCCC/C=C\C/C=C\C/C=C\C/C=C\CCCCCCCC(=O)OC(/C=C/CCCCCCCCCCC)C(COP(=O)([O-])OCC[N+](C)(C)C)NC(=O)CCC/C=C\C/C=C\C/C=C\C/C=C\CCCCC. The molecule has 10 heteroatoms. The molecule has 0 aliphatic carbocycles. The van der Waals surface area contributed by atoms with E-state index in [0.717, 1.165) is 96.3 Å². The zero-order valence-corrected chi connectivity index (χ0v) is 49.9. The fraction of sp³-hybridized carbons (Fsp3) is 0.692. The van der Waals surface area contributed by atoms with Gasteiger partial charge in [0.2, 0.25) is 5.91 Å². The molecule has 0 rings (SSSR count). The van der Waals surface area contributed by atoms with Gasteiger partial charge in [0.25, 0.3) is 7.82 Å². The Morgan fingerprint density at radius 3 is 1.27 bits per heavy atom. The molecule has 1 amide bonds. The van der Waals surface area contributed by atoms with Crippen LogP contribution in [0.25, 0.3) is 0 Å². The van der Waals surface area contributed by atoms with Gasteiger partial charge in [-0.3, -0.25) is 14.2 Å². The number of hydrogen-bond donors (Lipinski definition) is 1. The molecule has 9 nitrogen and oxygen atoms in total. The highest BCUT2D eigenvalue weighted by molar-refractivity contribution is 7.45. The van der Waals surface area contributed by atoms with Crippen LogP contribution in [0.1, 0.15) is 239 Å². The number of nitrogens with one attached hydrogen (secondary N) is 1. The Morgan fingerprint density at radius 2 is 0.827 bits per heavy atom. The molecule has 0 spiro atoms. The van der Waals surface area contributed by atoms with Gasteiger partial charge in [0, 0.05) is 12.8 Å². The number of carbonyl (C=O) groups excluding carboxylic acids is 2. The quantitative estimate of drug-likeness (QED) is 0.0212. The van der Waals surface area contributed by atoms with Crippen LogP contribution >= 0.6 is 7.82 Å². The Morgan fingerprint density at radius 1 is 0.467 bits per heavy atom. The lowest BCUT2D eigenvalue weighted by molar-refractivity contribution is -0.870. The maximum atomic E-state index is 13.5. The van der Waals surface area contributed by atoms with Crippen molar-refractivity contribution in [3.8, 4) is 0 Å². The minimum atomic E-state index is -4.72. The average molecular weight is 1070 g/mol. The van der Waals surface area contributed by atoms with Crippen molar-refractivity contribution in [2.45, 2.75) is 251 Å². The molecular weight excluding hydrogens is 952 g/mol. The van der Waals surface area contributed by atoms with Crippen molar-refractivity contribution in [3.05, 3.63) is 109 Å². The number of carbonyl (C=O) groups is 2. The molecule has 0 aromatic carbocycles. The van der Waals surface area contributed by atoms with Gasteiger partial charge < -0.3 is 28.5 Å². The fourth-order valence-corrected chi connectivity index (χ4v) is 8.69. The second kappa shape index (κ2) is 54.0. The standard InChI is InChI=1S/C65H113N2O7P/c1-7-10-13-16-19-22-25-27-29-31-32-33-34-36-38-40-43-46-49-52-55-58-65(69)74-63(56-53-50-47-44-41-24-21-18-15-12-9-3)62(61-73-75(70,71)72-60-59-67(4,5)6)66-64(68)57-54-51-48-45-42-39-37-35-30-28-26-23-20-17-14-11-8-2/h19-20,22-23,27-30,32-33,36-39,45,48,53,56,62-63H,7-18,21,24-26,31,34-35,40-44,46-47,49-52,54-55,57-61H2,1-6H3,(H-,66,68,70,71)/b22-19-,23-20-,29-27-,30-28-,33-32-,38-36-,39-37-,48-45-,56-53+. The third-order valence-electron chi connectivity index (χ3n) is 12.7. The summed E-state index contributed by atoms with van der Waals surface area (Å²) in [6.45, 7) is 6.70. The highest BCUT2D eigenvalue weighted by Crippen LogP contribution is 2.38. The van der Waals surface area contributed by atoms with E-state index in [1.54, 1.807) is 6.08 Å². The summed E-state index contributed by atoms with van der Waals surface area (Å²) in [6, 6.07) is -0.931. The maximum absolute atomic E-state index is 13.5. The Labute approximate surface area is 461 Å². The van der Waals surface area contributed by atoms with Gasteiger partial charge in [-0.2, -0.15) is 0 Å². The van der Waals surface area contributed by atoms with Crippen molar-refractivity contribution in [1.82, 2.24) is 5.32 Å². The predicted octanol–water partition coefficient (Wildman–Crippen LogP) is 17.9. The third-order valence-corrected chi connectivity index (χ3v) is 13.6. The number of esters is 1. The summed E-state index contributed by atoms with van der Waals surface area (Å²) in [6.07, 6.45) is 73.5. The van der Waals surface area contributed by atoms with E-state index in [1.165, 1.54) is 96.3 Å². The molecule has 1 N–H and O–H groups in total. The normalized spacial score (nSPS) is 14.5. The molecule has 0 radical (unpaired) electrons. The first-order valence-corrected chi connectivity index (χ1v) is 31.7. The lowest BCUT2D eigenvalue weighted by Crippen LogP contribution is -2.47. The minimum absolute atomic E-state index is 0.0413. The summed E-state index contributed by atoms with van der Waals surface area (Å²) in [4.78, 5) is 39.9. The fourth-order valence-electron chi connectivity index (χ4n) is 7.97. The van der Waals surface area contributed by atoms with Crippen molar-refractivity contribution in [1.29, 1.82) is 0 Å².